The van der Waals surface area contributed by atoms with Gasteiger partial charge in [0, 0.05) is 11.8 Å². The lowest BCUT2D eigenvalue weighted by Gasteiger charge is -2.14. The number of anilines is 1. The molecule has 6 heteroatoms. The molecule has 0 radical (unpaired) electrons. The average Bonchev–Trinajstić information content (AvgIpc) is 2.71. The van der Waals surface area contributed by atoms with E-state index >= 15 is 0 Å². The van der Waals surface area contributed by atoms with E-state index in [-0.39, 0.29) is 11.6 Å². The highest BCUT2D eigenvalue weighted by Crippen LogP contribution is 2.31. The Hall–Kier alpha value is -3.15. The van der Waals surface area contributed by atoms with Crippen LogP contribution in [-0.2, 0) is 0 Å². The maximum Gasteiger partial charge on any atom is 0.275 e. The first kappa shape index (κ1) is 18.6. The normalized spacial score (nSPS) is 10.6. The predicted octanol–water partition coefficient (Wildman–Crippen LogP) is 4.46. The van der Waals surface area contributed by atoms with Gasteiger partial charge in [-0.05, 0) is 37.1 Å². The summed E-state index contributed by atoms with van der Waals surface area (Å²) in [7, 11) is 0. The van der Waals surface area contributed by atoms with Crippen LogP contribution in [0.25, 0.3) is 11.0 Å². The maximum atomic E-state index is 12.6. The average molecular weight is 365 g/mol. The number of hydrogen-bond donors (Lipinski definition) is 1. The molecule has 0 fully saturated rings. The van der Waals surface area contributed by atoms with Crippen molar-refractivity contribution in [3.05, 3.63) is 54.4 Å². The molecule has 6 nitrogen and oxygen atoms in total. The minimum absolute atomic E-state index is 0.260. The number of carbonyl (C=O) groups is 1. The molecule has 1 heterocycles. The van der Waals surface area contributed by atoms with Crippen LogP contribution in [0.3, 0.4) is 0 Å². The van der Waals surface area contributed by atoms with Crippen LogP contribution in [0.2, 0.25) is 0 Å². The topological polar surface area (TPSA) is 73.3 Å². The van der Waals surface area contributed by atoms with Crippen LogP contribution >= 0.6 is 0 Å². The largest absolute Gasteiger partial charge is 0.490 e. The molecule has 0 aliphatic heterocycles. The van der Waals surface area contributed by atoms with Crippen LogP contribution < -0.4 is 14.8 Å². The molecule has 1 N–H and O–H groups in total. The molecule has 0 saturated heterocycles. The number of nitrogens with zero attached hydrogens (tertiary/aromatic N) is 2. The third-order valence-electron chi connectivity index (χ3n) is 3.81. The first-order valence-corrected chi connectivity index (χ1v) is 9.14. The molecule has 27 heavy (non-hydrogen) atoms. The van der Waals surface area contributed by atoms with Gasteiger partial charge in [-0.25, -0.2) is 4.98 Å². The summed E-state index contributed by atoms with van der Waals surface area (Å²) >= 11 is 0. The molecule has 3 aromatic rings. The number of carbonyl (C=O) groups excluding carboxylic acids is 1. The molecular weight excluding hydrogens is 342 g/mol. The number of amides is 1. The Bertz CT molecular complexity index is 927. The van der Waals surface area contributed by atoms with Crippen molar-refractivity contribution >= 4 is 22.6 Å². The van der Waals surface area contributed by atoms with Gasteiger partial charge in [0.25, 0.3) is 5.91 Å². The molecule has 1 amide bonds. The van der Waals surface area contributed by atoms with E-state index in [4.69, 9.17) is 9.47 Å². The number of aromatic nitrogens is 2. The van der Waals surface area contributed by atoms with E-state index in [2.05, 4.69) is 15.3 Å². The number of nitrogens with one attached hydrogen (secondary N) is 1. The first-order valence-electron chi connectivity index (χ1n) is 9.14. The smallest absolute Gasteiger partial charge is 0.275 e. The minimum Gasteiger partial charge on any atom is -0.490 e. The Balaban J connectivity index is 1.79. The monoisotopic (exact) mass is 365 g/mol. The van der Waals surface area contributed by atoms with Crippen molar-refractivity contribution in [3.8, 4) is 11.5 Å². The van der Waals surface area contributed by atoms with Crippen LogP contribution in [0, 0.1) is 0 Å². The third-order valence-corrected chi connectivity index (χ3v) is 3.81. The molecule has 0 atom stereocenters. The van der Waals surface area contributed by atoms with Crippen LogP contribution in [0.4, 0.5) is 5.69 Å². The van der Waals surface area contributed by atoms with E-state index in [0.29, 0.717) is 35.9 Å². The molecule has 3 rings (SSSR count). The summed E-state index contributed by atoms with van der Waals surface area (Å²) in [6.45, 7) is 5.28. The van der Waals surface area contributed by atoms with E-state index < -0.39 is 0 Å². The van der Waals surface area contributed by atoms with Crippen LogP contribution in [0.15, 0.2) is 48.7 Å². The van der Waals surface area contributed by atoms with Crippen LogP contribution in [0.1, 0.15) is 37.2 Å². The van der Waals surface area contributed by atoms with Gasteiger partial charge in [-0.15, -0.1) is 0 Å². The van der Waals surface area contributed by atoms with Gasteiger partial charge >= 0.3 is 0 Å². The van der Waals surface area contributed by atoms with Gasteiger partial charge in [0.05, 0.1) is 30.4 Å². The van der Waals surface area contributed by atoms with Crippen molar-refractivity contribution in [1.82, 2.24) is 9.97 Å². The van der Waals surface area contributed by atoms with Gasteiger partial charge in [-0.2, -0.15) is 0 Å². The lowest BCUT2D eigenvalue weighted by atomic mass is 10.2. The molecule has 0 saturated carbocycles. The number of fused-ring (bicyclic) bond motifs is 1. The van der Waals surface area contributed by atoms with Crippen LogP contribution in [0.5, 0.6) is 11.5 Å². The second-order valence-corrected chi connectivity index (χ2v) is 6.06. The number of rotatable bonds is 8. The molecular formula is C21H23N3O3. The fourth-order valence-corrected chi connectivity index (χ4v) is 2.50. The van der Waals surface area contributed by atoms with E-state index in [1.54, 1.807) is 12.1 Å². The Kier molecular flexibility index (Phi) is 6.20. The highest BCUT2D eigenvalue weighted by molar-refractivity contribution is 6.03. The van der Waals surface area contributed by atoms with Gasteiger partial charge in [-0.1, -0.05) is 26.0 Å². The minimum atomic E-state index is -0.322. The summed E-state index contributed by atoms with van der Waals surface area (Å²) in [6, 6.07) is 12.8. The van der Waals surface area contributed by atoms with E-state index in [1.165, 1.54) is 6.20 Å². The summed E-state index contributed by atoms with van der Waals surface area (Å²) < 4.78 is 11.5. The fourth-order valence-electron chi connectivity index (χ4n) is 2.50. The van der Waals surface area contributed by atoms with E-state index in [1.807, 2.05) is 44.2 Å². The van der Waals surface area contributed by atoms with Crippen molar-refractivity contribution in [3.63, 3.8) is 0 Å². The molecule has 0 spiro atoms. The maximum absolute atomic E-state index is 12.6. The zero-order chi connectivity index (χ0) is 19.1. The standard InChI is InChI=1S/C21H23N3O3/c1-3-11-26-19-10-9-15(13-20(19)27-12-4-2)23-21(25)18-14-22-16-7-5-6-8-17(16)24-18/h5-10,13-14H,3-4,11-12H2,1-2H3,(H,23,25). The van der Waals surface area contributed by atoms with Crippen molar-refractivity contribution in [2.45, 2.75) is 26.7 Å². The summed E-state index contributed by atoms with van der Waals surface area (Å²) in [6.07, 6.45) is 3.27. The SMILES string of the molecule is CCCOc1ccc(NC(=O)c2cnc3ccccc3n2)cc1OCCC. The number of para-hydroxylation sites is 2. The Morgan fingerprint density at radius 2 is 1.67 bits per heavy atom. The quantitative estimate of drug-likeness (QED) is 0.638. The lowest BCUT2D eigenvalue weighted by molar-refractivity contribution is 0.102. The summed E-state index contributed by atoms with van der Waals surface area (Å²) in [5, 5.41) is 2.85. The number of benzene rings is 2. The summed E-state index contributed by atoms with van der Waals surface area (Å²) in [5.41, 5.74) is 2.31. The predicted molar refractivity (Wildman–Crippen MR) is 106 cm³/mol. The Morgan fingerprint density at radius 3 is 2.41 bits per heavy atom. The molecule has 0 aliphatic carbocycles. The third kappa shape index (κ3) is 4.73. The Labute approximate surface area is 158 Å². The van der Waals surface area contributed by atoms with Gasteiger partial charge < -0.3 is 14.8 Å². The fraction of sp³-hybridized carbons (Fsp3) is 0.286. The van der Waals surface area contributed by atoms with Crippen LogP contribution in [-0.4, -0.2) is 29.1 Å². The Morgan fingerprint density at radius 1 is 0.963 bits per heavy atom. The van der Waals surface area contributed by atoms with Gasteiger partial charge in [0.1, 0.15) is 5.69 Å². The molecule has 140 valence electrons. The number of ether oxygens (including phenoxy) is 2. The zero-order valence-corrected chi connectivity index (χ0v) is 15.6. The summed E-state index contributed by atoms with van der Waals surface area (Å²) in [4.78, 5) is 21.2. The highest BCUT2D eigenvalue weighted by atomic mass is 16.5. The van der Waals surface area contributed by atoms with E-state index in [0.717, 1.165) is 18.4 Å². The van der Waals surface area contributed by atoms with Crippen molar-refractivity contribution in [1.29, 1.82) is 0 Å². The first-order chi connectivity index (χ1) is 13.2. The second kappa shape index (κ2) is 8.98. The van der Waals surface area contributed by atoms with Gasteiger partial charge in [0.15, 0.2) is 11.5 Å². The van der Waals surface area contributed by atoms with Crippen molar-refractivity contribution < 1.29 is 14.3 Å². The molecule has 0 aliphatic rings. The number of hydrogen-bond acceptors (Lipinski definition) is 5. The lowest BCUT2D eigenvalue weighted by Crippen LogP contribution is -2.14. The molecule has 1 aromatic heterocycles. The molecule has 0 bridgehead atoms. The van der Waals surface area contributed by atoms with E-state index in [9.17, 15) is 4.79 Å². The van der Waals surface area contributed by atoms with Crippen molar-refractivity contribution in [2.75, 3.05) is 18.5 Å². The van der Waals surface area contributed by atoms with Crippen molar-refractivity contribution in [2.24, 2.45) is 0 Å². The highest BCUT2D eigenvalue weighted by Gasteiger charge is 2.12. The zero-order valence-electron chi connectivity index (χ0n) is 15.6. The van der Waals surface area contributed by atoms with Gasteiger partial charge in [0.2, 0.25) is 0 Å². The summed E-state index contributed by atoms with van der Waals surface area (Å²) in [5.74, 6) is 0.971. The second-order valence-electron chi connectivity index (χ2n) is 6.06. The van der Waals surface area contributed by atoms with Gasteiger partial charge in [-0.3, -0.25) is 9.78 Å². The molecule has 0 unspecified atom stereocenters. The molecule has 2 aromatic carbocycles.